The smallest absolute Gasteiger partial charge is 0.438 e. The van der Waals surface area contributed by atoms with Gasteiger partial charge in [-0.05, 0) is 67.1 Å². The van der Waals surface area contributed by atoms with E-state index in [-0.39, 0.29) is 29.0 Å². The van der Waals surface area contributed by atoms with Crippen LogP contribution in [0.2, 0.25) is 0 Å². The molecule has 5 nitrogen and oxygen atoms in total. The molecule has 2 N–H and O–H groups in total. The van der Waals surface area contributed by atoms with Crippen molar-refractivity contribution in [1.29, 1.82) is 0 Å². The van der Waals surface area contributed by atoms with Crippen molar-refractivity contribution >= 4 is 6.16 Å². The molecule has 0 radical (unpaired) electrons. The molecule has 0 spiro atoms. The maximum Gasteiger partial charge on any atom is 0.508 e. The van der Waals surface area contributed by atoms with Crippen molar-refractivity contribution in [2.24, 2.45) is 28.6 Å². The number of ether oxygens (including phenoxy) is 2. The lowest BCUT2D eigenvalue weighted by atomic mass is 9.47. The summed E-state index contributed by atoms with van der Waals surface area (Å²) in [4.78, 5) is 11.5. The van der Waals surface area contributed by atoms with Gasteiger partial charge in [0.05, 0.1) is 19.3 Å². The van der Waals surface area contributed by atoms with E-state index in [9.17, 15) is 15.0 Å². The zero-order valence-corrected chi connectivity index (χ0v) is 16.1. The second kappa shape index (κ2) is 6.23. The van der Waals surface area contributed by atoms with E-state index in [1.807, 2.05) is 6.08 Å². The Morgan fingerprint density at radius 1 is 1.12 bits per heavy atom. The number of rotatable bonds is 1. The number of hydrogen-bond acceptors (Lipinski definition) is 5. The molecule has 8 atom stereocenters. The fourth-order valence-electron chi connectivity index (χ4n) is 6.87. The van der Waals surface area contributed by atoms with Gasteiger partial charge in [0.1, 0.15) is 6.10 Å². The molecule has 0 unspecified atom stereocenters. The lowest BCUT2D eigenvalue weighted by Gasteiger charge is -2.58. The summed E-state index contributed by atoms with van der Waals surface area (Å²) in [5.41, 5.74) is 1.26. The second-order valence-corrected chi connectivity index (χ2v) is 9.46. The molecule has 0 heterocycles. The summed E-state index contributed by atoms with van der Waals surface area (Å²) in [7, 11) is 1.33. The van der Waals surface area contributed by atoms with Gasteiger partial charge in [0, 0.05) is 6.42 Å². The number of carbonyl (C=O) groups is 1. The Morgan fingerprint density at radius 3 is 2.62 bits per heavy atom. The van der Waals surface area contributed by atoms with Crippen molar-refractivity contribution in [3.63, 3.8) is 0 Å². The molecular formula is C21H32O5. The fourth-order valence-corrected chi connectivity index (χ4v) is 6.87. The van der Waals surface area contributed by atoms with Crippen LogP contribution in [-0.2, 0) is 9.47 Å². The highest BCUT2D eigenvalue weighted by atomic mass is 16.7. The normalized spacial score (nSPS) is 50.1. The van der Waals surface area contributed by atoms with Gasteiger partial charge in [-0.3, -0.25) is 0 Å². The van der Waals surface area contributed by atoms with Crippen molar-refractivity contribution in [3.8, 4) is 0 Å². The summed E-state index contributed by atoms with van der Waals surface area (Å²) in [5.74, 6) is 1.07. The number of hydrogen-bond donors (Lipinski definition) is 2. The molecule has 26 heavy (non-hydrogen) atoms. The SMILES string of the molecule is COC(=O)O[C@H]1CC[C@@]2(C)C(=C[C@H](O)[C@H]3[C@@H]4CC[C@H](O)[C@@]4(C)CC[C@@H]32)C1. The minimum absolute atomic E-state index is 0.0466. The molecule has 0 aromatic carbocycles. The minimum atomic E-state index is -0.623. The summed E-state index contributed by atoms with van der Waals surface area (Å²) < 4.78 is 10.0. The van der Waals surface area contributed by atoms with Crippen LogP contribution in [-0.4, -0.2) is 41.8 Å². The molecule has 4 aliphatic rings. The van der Waals surface area contributed by atoms with E-state index in [2.05, 4.69) is 18.6 Å². The predicted molar refractivity (Wildman–Crippen MR) is 96.4 cm³/mol. The Bertz CT molecular complexity index is 616. The summed E-state index contributed by atoms with van der Waals surface area (Å²) in [6.07, 6.45) is 7.05. The third kappa shape index (κ3) is 2.54. The maximum absolute atomic E-state index is 11.5. The van der Waals surface area contributed by atoms with Crippen LogP contribution in [0.1, 0.15) is 58.8 Å². The molecule has 146 valence electrons. The Kier molecular flexibility index (Phi) is 4.39. The third-order valence-electron chi connectivity index (χ3n) is 8.46. The number of methoxy groups -OCH3 is 1. The van der Waals surface area contributed by atoms with Gasteiger partial charge in [-0.1, -0.05) is 25.5 Å². The van der Waals surface area contributed by atoms with E-state index >= 15 is 0 Å². The number of carbonyl (C=O) groups excluding carboxylic acids is 1. The van der Waals surface area contributed by atoms with Gasteiger partial charge in [0.25, 0.3) is 0 Å². The van der Waals surface area contributed by atoms with E-state index in [1.54, 1.807) is 0 Å². The summed E-state index contributed by atoms with van der Waals surface area (Å²) in [6.45, 7) is 4.56. The van der Waals surface area contributed by atoms with E-state index < -0.39 is 12.3 Å². The summed E-state index contributed by atoms with van der Waals surface area (Å²) >= 11 is 0. The van der Waals surface area contributed by atoms with Crippen LogP contribution >= 0.6 is 0 Å². The van der Waals surface area contributed by atoms with Crippen LogP contribution in [0.5, 0.6) is 0 Å². The zero-order chi connectivity index (χ0) is 18.7. The zero-order valence-electron chi connectivity index (χ0n) is 16.1. The molecule has 0 aromatic rings. The molecule has 0 amide bonds. The molecule has 4 rings (SSSR count). The molecule has 5 heteroatoms. The monoisotopic (exact) mass is 364 g/mol. The first-order valence-electron chi connectivity index (χ1n) is 10.1. The van der Waals surface area contributed by atoms with E-state index in [0.29, 0.717) is 18.3 Å². The Balaban J connectivity index is 1.61. The van der Waals surface area contributed by atoms with Crippen molar-refractivity contribution in [2.75, 3.05) is 7.11 Å². The highest BCUT2D eigenvalue weighted by Crippen LogP contribution is 2.64. The van der Waals surface area contributed by atoms with Crippen molar-refractivity contribution in [1.82, 2.24) is 0 Å². The van der Waals surface area contributed by atoms with Gasteiger partial charge < -0.3 is 19.7 Å². The van der Waals surface area contributed by atoms with Crippen molar-refractivity contribution < 1.29 is 24.5 Å². The number of aliphatic hydroxyl groups excluding tert-OH is 2. The van der Waals surface area contributed by atoms with Gasteiger partial charge in [-0.15, -0.1) is 0 Å². The van der Waals surface area contributed by atoms with Gasteiger partial charge in [0.15, 0.2) is 0 Å². The minimum Gasteiger partial charge on any atom is -0.438 e. The molecule has 3 saturated carbocycles. The van der Waals surface area contributed by atoms with E-state index in [1.165, 1.54) is 12.7 Å². The van der Waals surface area contributed by atoms with Gasteiger partial charge >= 0.3 is 6.16 Å². The average molecular weight is 364 g/mol. The van der Waals surface area contributed by atoms with Crippen molar-refractivity contribution in [2.45, 2.75) is 77.1 Å². The molecule has 3 fully saturated rings. The Morgan fingerprint density at radius 2 is 1.88 bits per heavy atom. The van der Waals surface area contributed by atoms with E-state index in [4.69, 9.17) is 4.74 Å². The molecule has 0 aromatic heterocycles. The van der Waals surface area contributed by atoms with Crippen LogP contribution in [0.25, 0.3) is 0 Å². The van der Waals surface area contributed by atoms with Crippen LogP contribution in [0, 0.1) is 28.6 Å². The Hall–Kier alpha value is -1.07. The highest BCUT2D eigenvalue weighted by Gasteiger charge is 2.60. The van der Waals surface area contributed by atoms with Gasteiger partial charge in [0.2, 0.25) is 0 Å². The topological polar surface area (TPSA) is 76.0 Å². The highest BCUT2D eigenvalue weighted by molar-refractivity contribution is 5.59. The lowest BCUT2D eigenvalue weighted by Crippen LogP contribution is -2.55. The van der Waals surface area contributed by atoms with Gasteiger partial charge in [-0.2, -0.15) is 0 Å². The summed E-state index contributed by atoms with van der Waals surface area (Å²) in [5, 5.41) is 21.6. The molecule has 4 aliphatic carbocycles. The van der Waals surface area contributed by atoms with Crippen LogP contribution in [0.15, 0.2) is 11.6 Å². The quantitative estimate of drug-likeness (QED) is 0.551. The number of aliphatic hydroxyl groups is 2. The first kappa shape index (κ1) is 18.3. The third-order valence-corrected chi connectivity index (χ3v) is 8.46. The first-order chi connectivity index (χ1) is 12.3. The number of fused-ring (bicyclic) bond motifs is 5. The predicted octanol–water partition coefficient (Wildman–Crippen LogP) is 3.43. The first-order valence-corrected chi connectivity index (χ1v) is 10.1. The largest absolute Gasteiger partial charge is 0.508 e. The fraction of sp³-hybridized carbons (Fsp3) is 0.857. The second-order valence-electron chi connectivity index (χ2n) is 9.46. The molecule has 0 aliphatic heterocycles. The van der Waals surface area contributed by atoms with Gasteiger partial charge in [-0.25, -0.2) is 4.79 Å². The molecular weight excluding hydrogens is 332 g/mol. The van der Waals surface area contributed by atoms with Crippen LogP contribution < -0.4 is 0 Å². The van der Waals surface area contributed by atoms with Crippen molar-refractivity contribution in [3.05, 3.63) is 11.6 Å². The van der Waals surface area contributed by atoms with Crippen LogP contribution in [0.4, 0.5) is 4.79 Å². The Labute approximate surface area is 155 Å². The summed E-state index contributed by atoms with van der Waals surface area (Å²) in [6, 6.07) is 0. The maximum atomic E-state index is 11.5. The lowest BCUT2D eigenvalue weighted by molar-refractivity contribution is -0.106. The average Bonchev–Trinajstić information content (AvgIpc) is 2.91. The standard InChI is InChI=1S/C21H32O5/c1-20-8-6-13(26-19(24)25-3)10-12(20)11-16(22)18-14-4-5-17(23)21(14,2)9-7-15(18)20/h11,13-18,22-23H,4-10H2,1-3H3/t13-,14-,15-,16-,17-,18-,20-,21-/m0/s1. The van der Waals surface area contributed by atoms with Crippen LogP contribution in [0.3, 0.4) is 0 Å². The molecule has 0 bridgehead atoms. The van der Waals surface area contributed by atoms with E-state index in [0.717, 1.165) is 38.5 Å². The molecule has 0 saturated heterocycles.